The second-order valence-corrected chi connectivity index (χ2v) is 10.5. The van der Waals surface area contributed by atoms with E-state index < -0.39 is 26.0 Å². The minimum atomic E-state index is -3.84. The first kappa shape index (κ1) is 24.5. The Bertz CT molecular complexity index is 939. The molecule has 30 heavy (non-hydrogen) atoms. The zero-order chi connectivity index (χ0) is 22.4. The molecule has 0 radical (unpaired) electrons. The maximum atomic E-state index is 12.9. The predicted octanol–water partition coefficient (Wildman–Crippen LogP) is 0.118. The summed E-state index contributed by atoms with van der Waals surface area (Å²) >= 11 is 0. The van der Waals surface area contributed by atoms with E-state index in [9.17, 15) is 21.6 Å². The van der Waals surface area contributed by atoms with Gasteiger partial charge in [0.1, 0.15) is 10.6 Å². The molecule has 1 N–H and O–H groups in total. The average molecular weight is 464 g/mol. The molecule has 12 heteroatoms. The summed E-state index contributed by atoms with van der Waals surface area (Å²) in [6.07, 6.45) is 0. The molecule has 0 spiro atoms. The van der Waals surface area contributed by atoms with Crippen molar-refractivity contribution in [3.8, 4) is 5.75 Å². The van der Waals surface area contributed by atoms with Gasteiger partial charge < -0.3 is 14.8 Å². The van der Waals surface area contributed by atoms with Crippen molar-refractivity contribution >= 4 is 26.0 Å². The van der Waals surface area contributed by atoms with Gasteiger partial charge >= 0.3 is 0 Å². The van der Waals surface area contributed by atoms with Crippen LogP contribution in [0.25, 0.3) is 0 Å². The average Bonchev–Trinajstić information content (AvgIpc) is 2.74. The van der Waals surface area contributed by atoms with Crippen molar-refractivity contribution in [1.82, 2.24) is 13.9 Å². The minimum Gasteiger partial charge on any atom is -0.495 e. The summed E-state index contributed by atoms with van der Waals surface area (Å²) in [6.45, 7) is 5.18. The maximum Gasteiger partial charge on any atom is 0.251 e. The zero-order valence-corrected chi connectivity index (χ0v) is 19.1. The number of nitrogens with one attached hydrogen (secondary N) is 1. The quantitative estimate of drug-likeness (QED) is 0.523. The summed E-state index contributed by atoms with van der Waals surface area (Å²) in [7, 11) is -6.00. The number of methoxy groups -OCH3 is 1. The highest BCUT2D eigenvalue weighted by molar-refractivity contribution is 7.89. The predicted molar refractivity (Wildman–Crippen MR) is 112 cm³/mol. The first-order valence-corrected chi connectivity index (χ1v) is 12.7. The molecule has 0 aliphatic carbocycles. The number of morpholine rings is 1. The molecule has 0 aromatic heterocycles. The van der Waals surface area contributed by atoms with E-state index in [1.165, 1.54) is 33.9 Å². The Balaban J connectivity index is 2.13. The number of carbonyl (C=O) groups is 1. The van der Waals surface area contributed by atoms with Gasteiger partial charge in [-0.1, -0.05) is 13.8 Å². The van der Waals surface area contributed by atoms with Gasteiger partial charge in [-0.25, -0.2) is 16.8 Å². The number of nitrogens with zero attached hydrogens (tertiary/aromatic N) is 2. The van der Waals surface area contributed by atoms with Crippen molar-refractivity contribution < 1.29 is 31.1 Å². The summed E-state index contributed by atoms with van der Waals surface area (Å²) in [5, 5.41) is 2.54. The van der Waals surface area contributed by atoms with Crippen LogP contribution in [0.4, 0.5) is 0 Å². The van der Waals surface area contributed by atoms with E-state index in [-0.39, 0.29) is 41.6 Å². The first-order valence-electron chi connectivity index (χ1n) is 9.69. The fourth-order valence-corrected chi connectivity index (χ4v) is 6.03. The van der Waals surface area contributed by atoms with Crippen LogP contribution in [-0.2, 0) is 24.8 Å². The topological polar surface area (TPSA) is 122 Å². The standard InChI is InChI=1S/C18H29N3O7S2/c1-4-20(5-2)30(25,26)17-14-15(6-7-16(17)27-3)18(22)19-8-13-29(23,24)21-9-11-28-12-10-21/h6-7,14H,4-5,8-13H2,1-3H3,(H,19,22). The van der Waals surface area contributed by atoms with Crippen LogP contribution >= 0.6 is 0 Å². The highest BCUT2D eigenvalue weighted by atomic mass is 32.2. The largest absolute Gasteiger partial charge is 0.495 e. The van der Waals surface area contributed by atoms with E-state index in [0.717, 1.165) is 0 Å². The fourth-order valence-electron chi connectivity index (χ4n) is 3.07. The van der Waals surface area contributed by atoms with Crippen LogP contribution in [0.2, 0.25) is 0 Å². The minimum absolute atomic E-state index is 0.0946. The van der Waals surface area contributed by atoms with Crippen LogP contribution in [-0.4, -0.2) is 90.2 Å². The highest BCUT2D eigenvalue weighted by Gasteiger charge is 2.27. The molecule has 2 rings (SSSR count). The van der Waals surface area contributed by atoms with E-state index in [1.54, 1.807) is 13.8 Å². The Labute approximate surface area is 178 Å². The molecular weight excluding hydrogens is 434 g/mol. The molecule has 1 saturated heterocycles. The normalized spacial score (nSPS) is 15.9. The Morgan fingerprint density at radius 3 is 2.37 bits per heavy atom. The summed E-state index contributed by atoms with van der Waals surface area (Å²) < 4.78 is 63.4. The van der Waals surface area contributed by atoms with Crippen molar-refractivity contribution in [3.63, 3.8) is 0 Å². The van der Waals surface area contributed by atoms with Gasteiger partial charge in [-0.3, -0.25) is 4.79 Å². The van der Waals surface area contributed by atoms with Crippen molar-refractivity contribution in [3.05, 3.63) is 23.8 Å². The smallest absolute Gasteiger partial charge is 0.251 e. The molecule has 1 fully saturated rings. The number of sulfonamides is 2. The molecule has 0 atom stereocenters. The fraction of sp³-hybridized carbons (Fsp3) is 0.611. The molecule has 1 aromatic rings. The van der Waals surface area contributed by atoms with Gasteiger partial charge in [0, 0.05) is 38.3 Å². The van der Waals surface area contributed by atoms with Gasteiger partial charge in [0.25, 0.3) is 5.91 Å². The van der Waals surface area contributed by atoms with E-state index in [2.05, 4.69) is 5.32 Å². The Hall–Kier alpha value is -1.73. The monoisotopic (exact) mass is 463 g/mol. The van der Waals surface area contributed by atoms with E-state index >= 15 is 0 Å². The van der Waals surface area contributed by atoms with Crippen molar-refractivity contribution in [2.75, 3.05) is 58.8 Å². The van der Waals surface area contributed by atoms with E-state index in [1.807, 2.05) is 0 Å². The molecule has 170 valence electrons. The van der Waals surface area contributed by atoms with Crippen molar-refractivity contribution in [2.24, 2.45) is 0 Å². The number of hydrogen-bond acceptors (Lipinski definition) is 7. The van der Waals surface area contributed by atoms with Crippen molar-refractivity contribution in [2.45, 2.75) is 18.7 Å². The van der Waals surface area contributed by atoms with Gasteiger partial charge in [-0.2, -0.15) is 8.61 Å². The SMILES string of the molecule is CCN(CC)S(=O)(=O)c1cc(C(=O)NCCS(=O)(=O)N2CCOCC2)ccc1OC. The molecule has 10 nitrogen and oxygen atoms in total. The molecule has 0 saturated carbocycles. The lowest BCUT2D eigenvalue weighted by Crippen LogP contribution is -2.43. The van der Waals surface area contributed by atoms with Crippen LogP contribution in [0.3, 0.4) is 0 Å². The second kappa shape index (κ2) is 10.5. The molecule has 1 amide bonds. The van der Waals surface area contributed by atoms with Gasteiger partial charge in [0.05, 0.1) is 26.1 Å². The molecule has 1 aliphatic rings. The van der Waals surface area contributed by atoms with Gasteiger partial charge in [0.2, 0.25) is 20.0 Å². The molecule has 1 heterocycles. The Kier molecular flexibility index (Phi) is 8.62. The summed E-state index contributed by atoms with van der Waals surface area (Å²) in [6, 6.07) is 4.10. The number of rotatable bonds is 10. The third-order valence-electron chi connectivity index (χ3n) is 4.76. The van der Waals surface area contributed by atoms with Gasteiger partial charge in [0.15, 0.2) is 0 Å². The Morgan fingerprint density at radius 1 is 1.17 bits per heavy atom. The molecule has 1 aliphatic heterocycles. The molecule has 0 bridgehead atoms. The third kappa shape index (κ3) is 5.70. The van der Waals surface area contributed by atoms with E-state index in [4.69, 9.17) is 9.47 Å². The highest BCUT2D eigenvalue weighted by Crippen LogP contribution is 2.27. The number of ether oxygens (including phenoxy) is 2. The van der Waals surface area contributed by atoms with Gasteiger partial charge in [-0.15, -0.1) is 0 Å². The lowest BCUT2D eigenvalue weighted by molar-refractivity contribution is 0.0730. The molecule has 1 aromatic carbocycles. The summed E-state index contributed by atoms with van der Waals surface area (Å²) in [5.74, 6) is -0.682. The third-order valence-corrected chi connectivity index (χ3v) is 8.70. The number of carbonyl (C=O) groups excluding carboxylic acids is 1. The van der Waals surface area contributed by atoms with Crippen molar-refractivity contribution in [1.29, 1.82) is 0 Å². The molecular formula is C18H29N3O7S2. The number of benzene rings is 1. The molecule has 0 unspecified atom stereocenters. The van der Waals surface area contributed by atoms with Crippen LogP contribution in [0.15, 0.2) is 23.1 Å². The number of hydrogen-bond donors (Lipinski definition) is 1. The van der Waals surface area contributed by atoms with Crippen LogP contribution in [0.5, 0.6) is 5.75 Å². The Morgan fingerprint density at radius 2 is 1.80 bits per heavy atom. The van der Waals surface area contributed by atoms with Crippen LogP contribution < -0.4 is 10.1 Å². The van der Waals surface area contributed by atoms with Crippen LogP contribution in [0, 0.1) is 0 Å². The summed E-state index contributed by atoms with van der Waals surface area (Å²) in [5.41, 5.74) is 0.102. The first-order chi connectivity index (χ1) is 14.2. The van der Waals surface area contributed by atoms with Crippen LogP contribution in [0.1, 0.15) is 24.2 Å². The maximum absolute atomic E-state index is 12.9. The summed E-state index contributed by atoms with van der Waals surface area (Å²) in [4.78, 5) is 12.4. The lowest BCUT2D eigenvalue weighted by atomic mass is 10.2. The van der Waals surface area contributed by atoms with E-state index in [0.29, 0.717) is 26.3 Å². The van der Waals surface area contributed by atoms with Gasteiger partial charge in [-0.05, 0) is 18.2 Å². The number of amides is 1. The lowest BCUT2D eigenvalue weighted by Gasteiger charge is -2.26. The zero-order valence-electron chi connectivity index (χ0n) is 17.5. The second-order valence-electron chi connectivity index (χ2n) is 6.54.